The molecule has 2 rings (SSSR count). The number of benzene rings is 2. The van der Waals surface area contributed by atoms with Gasteiger partial charge in [-0.2, -0.15) is 0 Å². The summed E-state index contributed by atoms with van der Waals surface area (Å²) in [6.45, 7) is 1.90. The van der Waals surface area contributed by atoms with Crippen LogP contribution in [-0.2, 0) is 0 Å². The third-order valence-electron chi connectivity index (χ3n) is 2.66. The van der Waals surface area contributed by atoms with Crippen LogP contribution in [0.1, 0.15) is 15.9 Å². The monoisotopic (exact) mass is 274 g/mol. The predicted octanol–water partition coefficient (Wildman–Crippen LogP) is 4.21. The Hall–Kier alpha value is -1.94. The number of para-hydroxylation sites is 1. The molecule has 0 bridgehead atoms. The normalized spacial score (nSPS) is 10.2. The van der Waals surface area contributed by atoms with Gasteiger partial charge in [0.1, 0.15) is 17.1 Å². The molecule has 0 aliphatic heterocycles. The lowest BCUT2D eigenvalue weighted by Crippen LogP contribution is -2.00. The van der Waals surface area contributed by atoms with E-state index in [2.05, 4.69) is 0 Å². The van der Waals surface area contributed by atoms with Gasteiger partial charge in [0.25, 0.3) is 0 Å². The quantitative estimate of drug-likeness (QED) is 0.848. The van der Waals surface area contributed by atoms with E-state index in [0.29, 0.717) is 11.5 Å². The minimum absolute atomic E-state index is 0.168. The Kier molecular flexibility index (Phi) is 4.12. The highest BCUT2D eigenvalue weighted by Crippen LogP contribution is 2.33. The van der Waals surface area contributed by atoms with E-state index in [1.54, 1.807) is 30.0 Å². The zero-order chi connectivity index (χ0) is 13.8. The maximum atomic E-state index is 11.2. The summed E-state index contributed by atoms with van der Waals surface area (Å²) in [4.78, 5) is 12.2. The molecule has 2 aromatic carbocycles. The summed E-state index contributed by atoms with van der Waals surface area (Å²) in [7, 11) is 0. The van der Waals surface area contributed by atoms with Gasteiger partial charge in [-0.25, -0.2) is 4.79 Å². The Morgan fingerprint density at radius 3 is 2.58 bits per heavy atom. The SMILES string of the molecule is CSc1ccccc1Oc1cc(C)ccc1C(=O)O. The summed E-state index contributed by atoms with van der Waals surface area (Å²) in [5.41, 5.74) is 1.13. The maximum Gasteiger partial charge on any atom is 0.339 e. The van der Waals surface area contributed by atoms with Crippen LogP contribution in [0.25, 0.3) is 0 Å². The number of carboxylic acid groups (broad SMARTS) is 1. The van der Waals surface area contributed by atoms with Gasteiger partial charge in [0.15, 0.2) is 0 Å². The van der Waals surface area contributed by atoms with Crippen LogP contribution in [0, 0.1) is 6.92 Å². The van der Waals surface area contributed by atoms with Gasteiger partial charge in [-0.1, -0.05) is 18.2 Å². The van der Waals surface area contributed by atoms with Crippen molar-refractivity contribution in [2.24, 2.45) is 0 Å². The van der Waals surface area contributed by atoms with Gasteiger partial charge in [-0.15, -0.1) is 11.8 Å². The molecule has 2 aromatic rings. The molecule has 1 N–H and O–H groups in total. The second-order valence-corrected chi connectivity index (χ2v) is 4.91. The number of aromatic carboxylic acids is 1. The van der Waals surface area contributed by atoms with Gasteiger partial charge in [-0.3, -0.25) is 0 Å². The van der Waals surface area contributed by atoms with Crippen molar-refractivity contribution < 1.29 is 14.6 Å². The van der Waals surface area contributed by atoms with E-state index in [-0.39, 0.29) is 5.56 Å². The van der Waals surface area contributed by atoms with Crippen molar-refractivity contribution in [1.82, 2.24) is 0 Å². The average Bonchev–Trinajstić information content (AvgIpc) is 2.39. The van der Waals surface area contributed by atoms with Gasteiger partial charge >= 0.3 is 5.97 Å². The van der Waals surface area contributed by atoms with E-state index >= 15 is 0 Å². The molecular weight excluding hydrogens is 260 g/mol. The molecule has 98 valence electrons. The van der Waals surface area contributed by atoms with Crippen molar-refractivity contribution >= 4 is 17.7 Å². The molecule has 0 amide bonds. The predicted molar refractivity (Wildman–Crippen MR) is 76.4 cm³/mol. The Labute approximate surface area is 116 Å². The second-order valence-electron chi connectivity index (χ2n) is 4.06. The number of rotatable bonds is 4. The lowest BCUT2D eigenvalue weighted by Gasteiger charge is -2.12. The molecule has 0 unspecified atom stereocenters. The lowest BCUT2D eigenvalue weighted by molar-refractivity contribution is 0.0694. The Morgan fingerprint density at radius 2 is 1.89 bits per heavy atom. The zero-order valence-electron chi connectivity index (χ0n) is 10.7. The molecular formula is C15H14O3S. The molecule has 0 aromatic heterocycles. The molecule has 0 aliphatic carbocycles. The van der Waals surface area contributed by atoms with Crippen LogP contribution in [0.4, 0.5) is 0 Å². The second kappa shape index (κ2) is 5.80. The fourth-order valence-electron chi connectivity index (χ4n) is 1.71. The van der Waals surface area contributed by atoms with Crippen molar-refractivity contribution in [2.45, 2.75) is 11.8 Å². The summed E-state index contributed by atoms with van der Waals surface area (Å²) in [5, 5.41) is 9.18. The molecule has 0 atom stereocenters. The van der Waals surface area contributed by atoms with Crippen LogP contribution in [-0.4, -0.2) is 17.3 Å². The third-order valence-corrected chi connectivity index (χ3v) is 3.43. The van der Waals surface area contributed by atoms with Crippen LogP contribution in [0.2, 0.25) is 0 Å². The van der Waals surface area contributed by atoms with Gasteiger partial charge in [0.2, 0.25) is 0 Å². The van der Waals surface area contributed by atoms with Gasteiger partial charge in [-0.05, 0) is 43.0 Å². The van der Waals surface area contributed by atoms with Crippen LogP contribution in [0.15, 0.2) is 47.4 Å². The first kappa shape index (κ1) is 13.5. The largest absolute Gasteiger partial charge is 0.478 e. The number of thioether (sulfide) groups is 1. The summed E-state index contributed by atoms with van der Waals surface area (Å²) in [6.07, 6.45) is 1.95. The van der Waals surface area contributed by atoms with Crippen molar-refractivity contribution in [3.8, 4) is 11.5 Å². The van der Waals surface area contributed by atoms with Crippen LogP contribution < -0.4 is 4.74 Å². The number of hydrogen-bond acceptors (Lipinski definition) is 3. The third kappa shape index (κ3) is 3.09. The first-order valence-corrected chi connectivity index (χ1v) is 6.99. The Morgan fingerprint density at radius 1 is 1.16 bits per heavy atom. The fourth-order valence-corrected chi connectivity index (χ4v) is 2.24. The van der Waals surface area contributed by atoms with E-state index in [9.17, 15) is 9.90 Å². The van der Waals surface area contributed by atoms with E-state index in [0.717, 1.165) is 10.5 Å². The highest BCUT2D eigenvalue weighted by molar-refractivity contribution is 7.98. The van der Waals surface area contributed by atoms with E-state index in [1.807, 2.05) is 37.4 Å². The van der Waals surface area contributed by atoms with Crippen molar-refractivity contribution in [1.29, 1.82) is 0 Å². The summed E-state index contributed by atoms with van der Waals surface area (Å²) in [6, 6.07) is 12.6. The maximum absolute atomic E-state index is 11.2. The minimum atomic E-state index is -0.989. The summed E-state index contributed by atoms with van der Waals surface area (Å²) in [5.74, 6) is 0.0498. The average molecular weight is 274 g/mol. The highest BCUT2D eigenvalue weighted by Gasteiger charge is 2.13. The van der Waals surface area contributed by atoms with Crippen LogP contribution in [0.5, 0.6) is 11.5 Å². The van der Waals surface area contributed by atoms with Crippen molar-refractivity contribution in [3.05, 3.63) is 53.6 Å². The molecule has 3 nitrogen and oxygen atoms in total. The zero-order valence-corrected chi connectivity index (χ0v) is 11.5. The summed E-state index contributed by atoms with van der Waals surface area (Å²) < 4.78 is 5.77. The smallest absolute Gasteiger partial charge is 0.339 e. The Bertz CT molecular complexity index is 608. The van der Waals surface area contributed by atoms with Crippen molar-refractivity contribution in [2.75, 3.05) is 6.26 Å². The Balaban J connectivity index is 2.42. The molecule has 19 heavy (non-hydrogen) atoms. The molecule has 0 heterocycles. The fraction of sp³-hybridized carbons (Fsp3) is 0.133. The first-order chi connectivity index (χ1) is 9.11. The molecule has 4 heteroatoms. The van der Waals surface area contributed by atoms with E-state index in [1.165, 1.54) is 0 Å². The number of carboxylic acids is 1. The summed E-state index contributed by atoms with van der Waals surface area (Å²) >= 11 is 1.56. The van der Waals surface area contributed by atoms with Gasteiger partial charge < -0.3 is 9.84 Å². The number of hydrogen-bond donors (Lipinski definition) is 1. The highest BCUT2D eigenvalue weighted by atomic mass is 32.2. The number of aryl methyl sites for hydroxylation is 1. The van der Waals surface area contributed by atoms with Crippen LogP contribution in [0.3, 0.4) is 0 Å². The number of ether oxygens (including phenoxy) is 1. The minimum Gasteiger partial charge on any atom is -0.478 e. The molecule has 0 fully saturated rings. The first-order valence-electron chi connectivity index (χ1n) is 5.76. The van der Waals surface area contributed by atoms with Gasteiger partial charge in [0.05, 0.1) is 0 Å². The number of carbonyl (C=O) groups is 1. The molecule has 0 aliphatic rings. The van der Waals surface area contributed by atoms with Gasteiger partial charge in [0, 0.05) is 4.90 Å². The van der Waals surface area contributed by atoms with Crippen molar-refractivity contribution in [3.63, 3.8) is 0 Å². The molecule has 0 spiro atoms. The van der Waals surface area contributed by atoms with E-state index < -0.39 is 5.97 Å². The van der Waals surface area contributed by atoms with E-state index in [4.69, 9.17) is 4.74 Å². The molecule has 0 radical (unpaired) electrons. The lowest BCUT2D eigenvalue weighted by atomic mass is 10.1. The topological polar surface area (TPSA) is 46.5 Å². The molecule has 0 saturated carbocycles. The van der Waals surface area contributed by atoms with Crippen LogP contribution >= 0.6 is 11.8 Å². The standard InChI is InChI=1S/C15H14O3S/c1-10-7-8-11(15(16)17)13(9-10)18-12-5-3-4-6-14(12)19-2/h3-9H,1-2H3,(H,16,17). The molecule has 0 saturated heterocycles.